The van der Waals surface area contributed by atoms with Gasteiger partial charge in [-0.05, 0) is 32.2 Å². The van der Waals surface area contributed by atoms with Gasteiger partial charge in [0.25, 0.3) is 0 Å². The van der Waals surface area contributed by atoms with E-state index in [-0.39, 0.29) is 18.0 Å². The zero-order chi connectivity index (χ0) is 11.8. The Morgan fingerprint density at radius 2 is 2.06 bits per heavy atom. The van der Waals surface area contributed by atoms with E-state index in [4.69, 9.17) is 10.9 Å². The van der Waals surface area contributed by atoms with Crippen LogP contribution in [0.15, 0.2) is 5.16 Å². The number of oxime groups is 1. The highest BCUT2D eigenvalue weighted by Crippen LogP contribution is 2.18. The molecule has 2 unspecified atom stereocenters. The molecule has 5 heteroatoms. The van der Waals surface area contributed by atoms with E-state index in [0.29, 0.717) is 6.42 Å². The lowest BCUT2D eigenvalue weighted by Crippen LogP contribution is -2.42. The number of nitrogens with one attached hydrogen (secondary N) is 1. The zero-order valence-electron chi connectivity index (χ0n) is 9.73. The third-order valence-electron chi connectivity index (χ3n) is 3.12. The van der Waals surface area contributed by atoms with E-state index in [9.17, 15) is 5.11 Å². The summed E-state index contributed by atoms with van der Waals surface area (Å²) < 4.78 is 0. The first-order chi connectivity index (χ1) is 7.74. The van der Waals surface area contributed by atoms with Crippen molar-refractivity contribution in [2.75, 3.05) is 6.54 Å². The molecule has 1 fully saturated rings. The van der Waals surface area contributed by atoms with Crippen LogP contribution in [0.5, 0.6) is 0 Å². The third-order valence-corrected chi connectivity index (χ3v) is 3.12. The number of hydrogen-bond acceptors (Lipinski definition) is 4. The average molecular weight is 229 g/mol. The third kappa shape index (κ3) is 4.81. The van der Waals surface area contributed by atoms with Crippen molar-refractivity contribution in [3.8, 4) is 0 Å². The second-order valence-electron chi connectivity index (χ2n) is 4.46. The first kappa shape index (κ1) is 13.3. The first-order valence-corrected chi connectivity index (χ1v) is 6.12. The Morgan fingerprint density at radius 1 is 1.31 bits per heavy atom. The quantitative estimate of drug-likeness (QED) is 0.178. The zero-order valence-corrected chi connectivity index (χ0v) is 9.73. The number of hydrogen-bond donors (Lipinski definition) is 4. The maximum Gasteiger partial charge on any atom is 0.139 e. The molecule has 0 spiro atoms. The molecule has 0 aromatic rings. The molecule has 1 aliphatic carbocycles. The summed E-state index contributed by atoms with van der Waals surface area (Å²) in [5.41, 5.74) is 5.36. The minimum absolute atomic E-state index is 0.183. The molecule has 0 radical (unpaired) electrons. The molecule has 16 heavy (non-hydrogen) atoms. The van der Waals surface area contributed by atoms with Gasteiger partial charge in [-0.1, -0.05) is 18.0 Å². The largest absolute Gasteiger partial charge is 0.409 e. The van der Waals surface area contributed by atoms with E-state index in [2.05, 4.69) is 10.5 Å². The molecule has 2 atom stereocenters. The summed E-state index contributed by atoms with van der Waals surface area (Å²) in [6, 6.07) is 0.262. The van der Waals surface area contributed by atoms with Crippen LogP contribution < -0.4 is 11.1 Å². The van der Waals surface area contributed by atoms with Crippen LogP contribution in [0.3, 0.4) is 0 Å². The fourth-order valence-corrected chi connectivity index (χ4v) is 2.12. The second kappa shape index (κ2) is 7.46. The Morgan fingerprint density at radius 3 is 2.75 bits per heavy atom. The fourth-order valence-electron chi connectivity index (χ4n) is 2.12. The van der Waals surface area contributed by atoms with Gasteiger partial charge in [-0.2, -0.15) is 0 Å². The highest BCUT2D eigenvalue weighted by Gasteiger charge is 2.21. The van der Waals surface area contributed by atoms with Crippen molar-refractivity contribution in [3.05, 3.63) is 0 Å². The maximum atomic E-state index is 9.72. The van der Waals surface area contributed by atoms with Crippen LogP contribution in [0.4, 0.5) is 0 Å². The summed E-state index contributed by atoms with van der Waals surface area (Å²) in [5.74, 6) is 0.290. The molecule has 5 N–H and O–H groups in total. The van der Waals surface area contributed by atoms with Gasteiger partial charge in [0.15, 0.2) is 0 Å². The van der Waals surface area contributed by atoms with E-state index < -0.39 is 0 Å². The van der Waals surface area contributed by atoms with Crippen molar-refractivity contribution in [2.24, 2.45) is 10.9 Å². The summed E-state index contributed by atoms with van der Waals surface area (Å²) in [6.07, 6.45) is 6.68. The minimum atomic E-state index is -0.183. The molecule has 94 valence electrons. The smallest absolute Gasteiger partial charge is 0.139 e. The monoisotopic (exact) mass is 229 g/mol. The van der Waals surface area contributed by atoms with Gasteiger partial charge in [0.2, 0.25) is 0 Å². The number of nitrogens with zero attached hydrogens (tertiary/aromatic N) is 1. The maximum absolute atomic E-state index is 9.72. The van der Waals surface area contributed by atoms with Crippen molar-refractivity contribution in [1.29, 1.82) is 0 Å². The molecular formula is C11H23N3O2. The van der Waals surface area contributed by atoms with Crippen LogP contribution in [0.25, 0.3) is 0 Å². The van der Waals surface area contributed by atoms with Crippen LogP contribution >= 0.6 is 0 Å². The molecule has 1 rings (SSSR count). The van der Waals surface area contributed by atoms with Crippen molar-refractivity contribution in [3.63, 3.8) is 0 Å². The van der Waals surface area contributed by atoms with Gasteiger partial charge in [0, 0.05) is 12.5 Å². The molecule has 5 nitrogen and oxygen atoms in total. The van der Waals surface area contributed by atoms with Gasteiger partial charge in [-0.15, -0.1) is 0 Å². The molecule has 0 amide bonds. The second-order valence-corrected chi connectivity index (χ2v) is 4.46. The van der Waals surface area contributed by atoms with E-state index in [0.717, 1.165) is 38.6 Å². The molecule has 1 aliphatic rings. The lowest BCUT2D eigenvalue weighted by molar-refractivity contribution is 0.0910. The van der Waals surface area contributed by atoms with Crippen LogP contribution in [-0.4, -0.2) is 34.8 Å². The predicted octanol–water partition coefficient (Wildman–Crippen LogP) is 0.796. The predicted molar refractivity (Wildman–Crippen MR) is 63.5 cm³/mol. The Bertz CT molecular complexity index is 221. The Kier molecular flexibility index (Phi) is 6.18. The van der Waals surface area contributed by atoms with Crippen LogP contribution in [0.1, 0.15) is 44.9 Å². The van der Waals surface area contributed by atoms with Crippen molar-refractivity contribution >= 4 is 5.84 Å². The SMILES string of the molecule is NC(CCCCNC1CCCCC1O)=NO. The molecular weight excluding hydrogens is 206 g/mol. The highest BCUT2D eigenvalue weighted by molar-refractivity contribution is 5.79. The van der Waals surface area contributed by atoms with Crippen molar-refractivity contribution in [1.82, 2.24) is 5.32 Å². The minimum Gasteiger partial charge on any atom is -0.409 e. The Balaban J connectivity index is 2.02. The average Bonchev–Trinajstić information content (AvgIpc) is 2.30. The van der Waals surface area contributed by atoms with E-state index in [1.807, 2.05) is 0 Å². The van der Waals surface area contributed by atoms with Gasteiger partial charge in [-0.3, -0.25) is 0 Å². The number of rotatable bonds is 6. The molecule has 0 aromatic heterocycles. The van der Waals surface area contributed by atoms with Gasteiger partial charge in [-0.25, -0.2) is 0 Å². The molecule has 0 bridgehead atoms. The standard InChI is InChI=1S/C11H23N3O2/c12-11(14-16)7-3-4-8-13-9-5-1-2-6-10(9)15/h9-10,13,15-16H,1-8H2,(H2,12,14). The van der Waals surface area contributed by atoms with Crippen molar-refractivity contribution in [2.45, 2.75) is 57.1 Å². The summed E-state index contributed by atoms with van der Waals surface area (Å²) in [4.78, 5) is 0. The molecule has 0 heterocycles. The lowest BCUT2D eigenvalue weighted by atomic mass is 9.92. The molecule has 0 aromatic carbocycles. The van der Waals surface area contributed by atoms with Gasteiger partial charge < -0.3 is 21.4 Å². The van der Waals surface area contributed by atoms with Crippen LogP contribution in [0.2, 0.25) is 0 Å². The van der Waals surface area contributed by atoms with Crippen LogP contribution in [0, 0.1) is 0 Å². The van der Waals surface area contributed by atoms with E-state index in [1.165, 1.54) is 6.42 Å². The molecule has 0 saturated heterocycles. The number of aliphatic hydroxyl groups excluding tert-OH is 1. The number of nitrogens with two attached hydrogens (primary N) is 1. The van der Waals surface area contributed by atoms with Crippen LogP contribution in [-0.2, 0) is 0 Å². The van der Waals surface area contributed by atoms with E-state index in [1.54, 1.807) is 0 Å². The van der Waals surface area contributed by atoms with Crippen molar-refractivity contribution < 1.29 is 10.3 Å². The topological polar surface area (TPSA) is 90.9 Å². The van der Waals surface area contributed by atoms with E-state index >= 15 is 0 Å². The Labute approximate surface area is 96.7 Å². The number of amidine groups is 1. The normalized spacial score (nSPS) is 26.9. The summed E-state index contributed by atoms with van der Waals surface area (Å²) >= 11 is 0. The summed E-state index contributed by atoms with van der Waals surface area (Å²) in [6.45, 7) is 0.889. The first-order valence-electron chi connectivity index (χ1n) is 6.12. The Hall–Kier alpha value is -0.810. The summed E-state index contributed by atoms with van der Waals surface area (Å²) in [5, 5.41) is 24.4. The summed E-state index contributed by atoms with van der Waals surface area (Å²) in [7, 11) is 0. The number of unbranched alkanes of at least 4 members (excludes halogenated alkanes) is 1. The fraction of sp³-hybridized carbons (Fsp3) is 0.909. The highest BCUT2D eigenvalue weighted by atomic mass is 16.4. The van der Waals surface area contributed by atoms with Gasteiger partial charge >= 0.3 is 0 Å². The lowest BCUT2D eigenvalue weighted by Gasteiger charge is -2.28. The van der Waals surface area contributed by atoms with Gasteiger partial charge in [0.1, 0.15) is 5.84 Å². The molecule has 0 aliphatic heterocycles. The van der Waals surface area contributed by atoms with Gasteiger partial charge in [0.05, 0.1) is 6.10 Å². The molecule has 1 saturated carbocycles. The number of aliphatic hydroxyl groups is 1.